The summed E-state index contributed by atoms with van der Waals surface area (Å²) in [5, 5.41) is 2.49. The van der Waals surface area contributed by atoms with E-state index in [2.05, 4.69) is 30.1 Å². The molecule has 2 heteroatoms. The summed E-state index contributed by atoms with van der Waals surface area (Å²) in [6.45, 7) is 3.04. The molecule has 1 aliphatic rings. The van der Waals surface area contributed by atoms with E-state index < -0.39 is 0 Å². The van der Waals surface area contributed by atoms with Gasteiger partial charge in [0.1, 0.15) is 0 Å². The van der Waals surface area contributed by atoms with Crippen LogP contribution >= 0.6 is 0 Å². The number of benzene rings is 1. The van der Waals surface area contributed by atoms with E-state index in [1.165, 1.54) is 16.3 Å². The zero-order chi connectivity index (χ0) is 10.3. The molecule has 15 heavy (non-hydrogen) atoms. The molecule has 1 atom stereocenters. The van der Waals surface area contributed by atoms with Gasteiger partial charge in [-0.3, -0.25) is 0 Å². The lowest BCUT2D eigenvalue weighted by Crippen LogP contribution is -2.13. The average Bonchev–Trinajstić information content (AvgIpc) is 2.29. The van der Waals surface area contributed by atoms with Crippen LogP contribution in [-0.4, -0.2) is 11.6 Å². The van der Waals surface area contributed by atoms with Crippen molar-refractivity contribution < 1.29 is 4.74 Å². The Kier molecular flexibility index (Phi) is 1.88. The maximum absolute atomic E-state index is 5.59. The maximum atomic E-state index is 5.59. The highest BCUT2D eigenvalue weighted by Gasteiger charge is 2.20. The lowest BCUT2D eigenvalue weighted by atomic mass is 9.93. The summed E-state index contributed by atoms with van der Waals surface area (Å²) in [6, 6.07) is 8.37. The zero-order valence-corrected chi connectivity index (χ0v) is 8.73. The van der Waals surface area contributed by atoms with E-state index >= 15 is 0 Å². The summed E-state index contributed by atoms with van der Waals surface area (Å²) in [4.78, 5) is 4.38. The van der Waals surface area contributed by atoms with Crippen LogP contribution in [0.25, 0.3) is 10.8 Å². The first-order valence-corrected chi connectivity index (χ1v) is 5.36. The van der Waals surface area contributed by atoms with Crippen LogP contribution in [0.3, 0.4) is 0 Å². The molecule has 2 heterocycles. The first-order chi connectivity index (χ1) is 7.36. The van der Waals surface area contributed by atoms with Gasteiger partial charge in [-0.15, -0.1) is 0 Å². The molecule has 2 nitrogen and oxygen atoms in total. The standard InChI is InChI=1S/C13H13NO/c1-9-6-7-15-13-12(9)11-5-3-2-4-10(11)8-14-13/h2-5,8-9H,6-7H2,1H3. The molecule has 1 aliphatic heterocycles. The summed E-state index contributed by atoms with van der Waals surface area (Å²) >= 11 is 0. The van der Waals surface area contributed by atoms with Gasteiger partial charge in [0, 0.05) is 17.1 Å². The Balaban J connectivity index is 2.35. The molecule has 0 saturated heterocycles. The summed E-state index contributed by atoms with van der Waals surface area (Å²) in [7, 11) is 0. The minimum atomic E-state index is 0.548. The molecule has 76 valence electrons. The van der Waals surface area contributed by atoms with Crippen LogP contribution < -0.4 is 4.74 Å². The van der Waals surface area contributed by atoms with Crippen LogP contribution in [0.15, 0.2) is 30.5 Å². The highest BCUT2D eigenvalue weighted by atomic mass is 16.5. The smallest absolute Gasteiger partial charge is 0.217 e. The second-order valence-electron chi connectivity index (χ2n) is 4.10. The van der Waals surface area contributed by atoms with Crippen molar-refractivity contribution in [2.45, 2.75) is 19.3 Å². The van der Waals surface area contributed by atoms with Gasteiger partial charge in [-0.05, 0) is 17.7 Å². The molecule has 0 fully saturated rings. The van der Waals surface area contributed by atoms with Gasteiger partial charge in [-0.25, -0.2) is 4.98 Å². The number of ether oxygens (including phenoxy) is 1. The van der Waals surface area contributed by atoms with Gasteiger partial charge in [-0.1, -0.05) is 31.2 Å². The third-order valence-electron chi connectivity index (χ3n) is 3.08. The SMILES string of the molecule is CC1CCOc2ncc3ccccc3c21. The van der Waals surface area contributed by atoms with E-state index in [0.717, 1.165) is 18.9 Å². The first kappa shape index (κ1) is 8.72. The number of pyridine rings is 1. The number of hydrogen-bond acceptors (Lipinski definition) is 2. The molecule has 0 radical (unpaired) electrons. The van der Waals surface area contributed by atoms with E-state index in [9.17, 15) is 0 Å². The number of rotatable bonds is 0. The van der Waals surface area contributed by atoms with Crippen molar-refractivity contribution >= 4 is 10.8 Å². The van der Waals surface area contributed by atoms with Crippen molar-refractivity contribution in [3.05, 3.63) is 36.0 Å². The molecule has 0 amide bonds. The molecular weight excluding hydrogens is 186 g/mol. The van der Waals surface area contributed by atoms with Crippen LogP contribution in [0, 0.1) is 0 Å². The molecule has 0 N–H and O–H groups in total. The van der Waals surface area contributed by atoms with Gasteiger partial charge in [0.05, 0.1) is 6.61 Å². The van der Waals surface area contributed by atoms with E-state index in [0.29, 0.717) is 5.92 Å². The second-order valence-corrected chi connectivity index (χ2v) is 4.10. The zero-order valence-electron chi connectivity index (χ0n) is 8.73. The highest BCUT2D eigenvalue weighted by molar-refractivity contribution is 5.86. The minimum absolute atomic E-state index is 0.548. The van der Waals surface area contributed by atoms with Crippen LogP contribution in [-0.2, 0) is 0 Å². The van der Waals surface area contributed by atoms with Gasteiger partial charge < -0.3 is 4.74 Å². The van der Waals surface area contributed by atoms with Gasteiger partial charge in [-0.2, -0.15) is 0 Å². The van der Waals surface area contributed by atoms with Gasteiger partial charge >= 0.3 is 0 Å². The van der Waals surface area contributed by atoms with Gasteiger partial charge in [0.2, 0.25) is 5.88 Å². The van der Waals surface area contributed by atoms with Crippen molar-refractivity contribution in [3.8, 4) is 5.88 Å². The van der Waals surface area contributed by atoms with E-state index in [1.54, 1.807) is 0 Å². The van der Waals surface area contributed by atoms with Crippen LogP contribution in [0.1, 0.15) is 24.8 Å². The Morgan fingerprint density at radius 3 is 3.13 bits per heavy atom. The Labute approximate surface area is 88.9 Å². The third-order valence-corrected chi connectivity index (χ3v) is 3.08. The van der Waals surface area contributed by atoms with Gasteiger partial charge in [0.25, 0.3) is 0 Å². The topological polar surface area (TPSA) is 22.1 Å². The fraction of sp³-hybridized carbons (Fsp3) is 0.308. The predicted octanol–water partition coefficient (Wildman–Crippen LogP) is 3.12. The molecule has 0 saturated carbocycles. The van der Waals surface area contributed by atoms with Crippen molar-refractivity contribution in [1.82, 2.24) is 4.98 Å². The molecule has 0 aliphatic carbocycles. The lowest BCUT2D eigenvalue weighted by molar-refractivity contribution is 0.262. The molecular formula is C13H13NO. The normalized spacial score (nSPS) is 19.7. The summed E-state index contributed by atoms with van der Waals surface area (Å²) in [6.07, 6.45) is 2.98. The third kappa shape index (κ3) is 1.29. The number of aromatic nitrogens is 1. The monoisotopic (exact) mass is 199 g/mol. The van der Waals surface area contributed by atoms with Crippen LogP contribution in [0.2, 0.25) is 0 Å². The Morgan fingerprint density at radius 2 is 2.20 bits per heavy atom. The van der Waals surface area contributed by atoms with Crippen molar-refractivity contribution in [3.63, 3.8) is 0 Å². The lowest BCUT2D eigenvalue weighted by Gasteiger charge is -2.23. The first-order valence-electron chi connectivity index (χ1n) is 5.36. The second kappa shape index (κ2) is 3.23. The van der Waals surface area contributed by atoms with Crippen LogP contribution in [0.4, 0.5) is 0 Å². The molecule has 1 aromatic heterocycles. The van der Waals surface area contributed by atoms with Crippen molar-refractivity contribution in [2.24, 2.45) is 0 Å². The highest BCUT2D eigenvalue weighted by Crippen LogP contribution is 2.36. The average molecular weight is 199 g/mol. The molecule has 1 aromatic carbocycles. The van der Waals surface area contributed by atoms with Crippen molar-refractivity contribution in [1.29, 1.82) is 0 Å². The van der Waals surface area contributed by atoms with E-state index in [1.807, 2.05) is 12.3 Å². The van der Waals surface area contributed by atoms with Crippen LogP contribution in [0.5, 0.6) is 5.88 Å². The van der Waals surface area contributed by atoms with Crippen molar-refractivity contribution in [2.75, 3.05) is 6.61 Å². The number of hydrogen-bond donors (Lipinski definition) is 0. The van der Waals surface area contributed by atoms with E-state index in [-0.39, 0.29) is 0 Å². The number of fused-ring (bicyclic) bond motifs is 3. The fourth-order valence-corrected chi connectivity index (χ4v) is 2.24. The molecule has 0 spiro atoms. The summed E-state index contributed by atoms with van der Waals surface area (Å²) in [5.74, 6) is 1.37. The van der Waals surface area contributed by atoms with Gasteiger partial charge in [0.15, 0.2) is 0 Å². The quantitative estimate of drug-likeness (QED) is 0.650. The Hall–Kier alpha value is -1.57. The summed E-state index contributed by atoms with van der Waals surface area (Å²) < 4.78 is 5.59. The Bertz CT molecular complexity index is 507. The van der Waals surface area contributed by atoms with E-state index in [4.69, 9.17) is 4.74 Å². The molecule has 3 rings (SSSR count). The molecule has 1 unspecified atom stereocenters. The Morgan fingerprint density at radius 1 is 1.33 bits per heavy atom. The maximum Gasteiger partial charge on any atom is 0.217 e. The number of nitrogens with zero attached hydrogens (tertiary/aromatic N) is 1. The molecule has 2 aromatic rings. The minimum Gasteiger partial charge on any atom is -0.477 e. The predicted molar refractivity (Wildman–Crippen MR) is 60.3 cm³/mol. The summed E-state index contributed by atoms with van der Waals surface area (Å²) in [5.41, 5.74) is 1.28. The fourth-order valence-electron chi connectivity index (χ4n) is 2.24. The largest absolute Gasteiger partial charge is 0.477 e. The molecule has 0 bridgehead atoms.